The van der Waals surface area contributed by atoms with E-state index in [2.05, 4.69) is 19.2 Å². The first-order valence-corrected chi connectivity index (χ1v) is 6.66. The van der Waals surface area contributed by atoms with Crippen molar-refractivity contribution in [3.63, 3.8) is 0 Å². The number of carboxylic acid groups (broad SMARTS) is 1. The normalized spacial score (nSPS) is 12.0. The first-order valence-electron chi connectivity index (χ1n) is 6.66. The van der Waals surface area contributed by atoms with Gasteiger partial charge >= 0.3 is 5.97 Å². The van der Waals surface area contributed by atoms with Crippen molar-refractivity contribution in [2.24, 2.45) is 11.8 Å². The first kappa shape index (κ1) is 16.0. The number of benzene rings is 1. The standard InChI is InChI=1S/C15H21NO4/c1-10(2)8-9-20-13-6-4-12(5-7-13)16-14(17)11(3)15(18)19/h4-7,10-11H,8-9H2,1-3H3,(H,16,17)(H,18,19). The highest BCUT2D eigenvalue weighted by Crippen LogP contribution is 2.17. The van der Waals surface area contributed by atoms with Crippen molar-refractivity contribution in [1.29, 1.82) is 0 Å². The SMILES string of the molecule is CC(C)CCOc1ccc(NC(=O)C(C)C(=O)O)cc1. The smallest absolute Gasteiger partial charge is 0.315 e. The lowest BCUT2D eigenvalue weighted by Crippen LogP contribution is -2.26. The Morgan fingerprint density at radius 3 is 2.30 bits per heavy atom. The third kappa shape index (κ3) is 5.30. The molecule has 0 saturated carbocycles. The van der Waals surface area contributed by atoms with Gasteiger partial charge in [0, 0.05) is 5.69 Å². The summed E-state index contributed by atoms with van der Waals surface area (Å²) in [5.41, 5.74) is 0.555. The Morgan fingerprint density at radius 2 is 1.80 bits per heavy atom. The van der Waals surface area contributed by atoms with Gasteiger partial charge in [-0.2, -0.15) is 0 Å². The van der Waals surface area contributed by atoms with Gasteiger partial charge in [-0.25, -0.2) is 0 Å². The lowest BCUT2D eigenvalue weighted by molar-refractivity contribution is -0.144. The number of carboxylic acids is 1. The van der Waals surface area contributed by atoms with Crippen LogP contribution in [0.15, 0.2) is 24.3 Å². The van der Waals surface area contributed by atoms with Crippen LogP contribution in [0.5, 0.6) is 5.75 Å². The molecule has 0 radical (unpaired) electrons. The number of aliphatic carboxylic acids is 1. The highest BCUT2D eigenvalue weighted by Gasteiger charge is 2.20. The van der Waals surface area contributed by atoms with Crippen molar-refractivity contribution < 1.29 is 19.4 Å². The Morgan fingerprint density at radius 1 is 1.20 bits per heavy atom. The van der Waals surface area contributed by atoms with Crippen molar-refractivity contribution in [1.82, 2.24) is 0 Å². The van der Waals surface area contributed by atoms with Gasteiger partial charge in [-0.1, -0.05) is 13.8 Å². The maximum Gasteiger partial charge on any atom is 0.315 e. The summed E-state index contributed by atoms with van der Waals surface area (Å²) in [6.07, 6.45) is 0.981. The summed E-state index contributed by atoms with van der Waals surface area (Å²) in [5.74, 6) is -1.43. The van der Waals surface area contributed by atoms with Gasteiger partial charge in [0.1, 0.15) is 11.7 Å². The number of rotatable bonds is 7. The molecule has 1 amide bonds. The molecule has 1 unspecified atom stereocenters. The molecular formula is C15H21NO4. The van der Waals surface area contributed by atoms with Crippen molar-refractivity contribution in [3.8, 4) is 5.75 Å². The quantitative estimate of drug-likeness (QED) is 0.752. The van der Waals surface area contributed by atoms with Gasteiger partial charge in [0.05, 0.1) is 6.61 Å². The van der Waals surface area contributed by atoms with Crippen LogP contribution in [-0.4, -0.2) is 23.6 Å². The summed E-state index contributed by atoms with van der Waals surface area (Å²) in [6, 6.07) is 6.89. The summed E-state index contributed by atoms with van der Waals surface area (Å²) in [4.78, 5) is 22.2. The van der Waals surface area contributed by atoms with Crippen LogP contribution in [0.2, 0.25) is 0 Å². The molecule has 0 spiro atoms. The highest BCUT2D eigenvalue weighted by atomic mass is 16.5. The van der Waals surface area contributed by atoms with E-state index in [0.717, 1.165) is 12.2 Å². The number of carbonyl (C=O) groups excluding carboxylic acids is 1. The molecule has 0 heterocycles. The molecule has 1 aromatic carbocycles. The molecule has 20 heavy (non-hydrogen) atoms. The minimum atomic E-state index is -1.14. The fourth-order valence-electron chi connectivity index (χ4n) is 1.41. The Bertz CT molecular complexity index is 453. The number of hydrogen-bond acceptors (Lipinski definition) is 3. The van der Waals surface area contributed by atoms with Gasteiger partial charge in [0.15, 0.2) is 0 Å². The van der Waals surface area contributed by atoms with Gasteiger partial charge in [-0.05, 0) is 43.5 Å². The van der Waals surface area contributed by atoms with E-state index >= 15 is 0 Å². The van der Waals surface area contributed by atoms with Gasteiger partial charge in [-0.15, -0.1) is 0 Å². The zero-order valence-electron chi connectivity index (χ0n) is 12.1. The van der Waals surface area contributed by atoms with Crippen LogP contribution in [0.3, 0.4) is 0 Å². The van der Waals surface area contributed by atoms with Crippen molar-refractivity contribution in [3.05, 3.63) is 24.3 Å². The number of anilines is 1. The van der Waals surface area contributed by atoms with Crippen LogP contribution in [0.25, 0.3) is 0 Å². The molecule has 0 fully saturated rings. The molecule has 0 aliphatic carbocycles. The van der Waals surface area contributed by atoms with E-state index in [0.29, 0.717) is 18.2 Å². The Kier molecular flexibility index (Phi) is 6.03. The van der Waals surface area contributed by atoms with E-state index in [4.69, 9.17) is 9.84 Å². The van der Waals surface area contributed by atoms with E-state index in [1.165, 1.54) is 6.92 Å². The Hall–Kier alpha value is -2.04. The molecule has 1 atom stereocenters. The fraction of sp³-hybridized carbons (Fsp3) is 0.467. The largest absolute Gasteiger partial charge is 0.494 e. The van der Waals surface area contributed by atoms with Crippen LogP contribution in [0.1, 0.15) is 27.2 Å². The maximum absolute atomic E-state index is 11.6. The molecule has 1 rings (SSSR count). The predicted molar refractivity (Wildman–Crippen MR) is 76.8 cm³/mol. The molecule has 2 N–H and O–H groups in total. The predicted octanol–water partition coefficient (Wildman–Crippen LogP) is 2.77. The number of hydrogen-bond donors (Lipinski definition) is 2. The molecule has 5 nitrogen and oxygen atoms in total. The monoisotopic (exact) mass is 279 g/mol. The molecular weight excluding hydrogens is 258 g/mol. The number of ether oxygens (including phenoxy) is 1. The second-order valence-electron chi connectivity index (χ2n) is 5.10. The van der Waals surface area contributed by atoms with E-state index in [1.807, 2.05) is 0 Å². The molecule has 0 aromatic heterocycles. The van der Waals surface area contributed by atoms with E-state index in [9.17, 15) is 9.59 Å². The van der Waals surface area contributed by atoms with Crippen LogP contribution in [0.4, 0.5) is 5.69 Å². The molecule has 1 aromatic rings. The van der Waals surface area contributed by atoms with E-state index in [-0.39, 0.29) is 0 Å². The number of amides is 1. The summed E-state index contributed by atoms with van der Waals surface area (Å²) in [5, 5.41) is 11.3. The van der Waals surface area contributed by atoms with Gasteiger partial charge in [0.2, 0.25) is 5.91 Å². The van der Waals surface area contributed by atoms with Crippen molar-refractivity contribution in [2.45, 2.75) is 27.2 Å². The molecule has 0 aliphatic rings. The van der Waals surface area contributed by atoms with Crippen LogP contribution in [0, 0.1) is 11.8 Å². The summed E-state index contributed by atoms with van der Waals surface area (Å²) < 4.78 is 5.56. The molecule has 0 saturated heterocycles. The Labute approximate surface area is 118 Å². The van der Waals surface area contributed by atoms with Crippen LogP contribution in [-0.2, 0) is 9.59 Å². The van der Waals surface area contributed by atoms with Gasteiger partial charge in [-0.3, -0.25) is 9.59 Å². The van der Waals surface area contributed by atoms with E-state index in [1.54, 1.807) is 24.3 Å². The molecule has 0 aliphatic heterocycles. The number of nitrogens with one attached hydrogen (secondary N) is 1. The number of carbonyl (C=O) groups is 2. The second kappa shape index (κ2) is 7.53. The van der Waals surface area contributed by atoms with Gasteiger partial charge in [0.25, 0.3) is 0 Å². The third-order valence-corrected chi connectivity index (χ3v) is 2.85. The minimum absolute atomic E-state index is 0.536. The third-order valence-electron chi connectivity index (χ3n) is 2.85. The summed E-state index contributed by atoms with van der Waals surface area (Å²) in [6.45, 7) is 6.26. The zero-order valence-corrected chi connectivity index (χ0v) is 12.1. The first-order chi connectivity index (χ1) is 9.40. The van der Waals surface area contributed by atoms with Crippen LogP contribution >= 0.6 is 0 Å². The van der Waals surface area contributed by atoms with Crippen LogP contribution < -0.4 is 10.1 Å². The summed E-state index contributed by atoms with van der Waals surface area (Å²) in [7, 11) is 0. The minimum Gasteiger partial charge on any atom is -0.494 e. The van der Waals surface area contributed by atoms with Gasteiger partial charge < -0.3 is 15.2 Å². The second-order valence-corrected chi connectivity index (χ2v) is 5.10. The topological polar surface area (TPSA) is 75.6 Å². The lowest BCUT2D eigenvalue weighted by atomic mass is 10.1. The zero-order chi connectivity index (χ0) is 15.1. The fourth-order valence-corrected chi connectivity index (χ4v) is 1.41. The van der Waals surface area contributed by atoms with E-state index < -0.39 is 17.8 Å². The molecule has 0 bridgehead atoms. The maximum atomic E-state index is 11.6. The molecule has 5 heteroatoms. The average Bonchev–Trinajstić information content (AvgIpc) is 2.39. The summed E-state index contributed by atoms with van der Waals surface area (Å²) >= 11 is 0. The Balaban J connectivity index is 2.50. The molecule has 110 valence electrons. The van der Waals surface area contributed by atoms with Crippen molar-refractivity contribution >= 4 is 17.6 Å². The lowest BCUT2D eigenvalue weighted by Gasteiger charge is -2.10. The highest BCUT2D eigenvalue weighted by molar-refractivity contribution is 6.03. The average molecular weight is 279 g/mol. The van der Waals surface area contributed by atoms with Crippen molar-refractivity contribution in [2.75, 3.05) is 11.9 Å².